The van der Waals surface area contributed by atoms with Crippen LogP contribution in [0.5, 0.6) is 0 Å². The van der Waals surface area contributed by atoms with Crippen LogP contribution in [-0.4, -0.2) is 37.3 Å². The molecule has 0 fully saturated rings. The maximum absolute atomic E-state index is 5.65. The fourth-order valence-electron chi connectivity index (χ4n) is 1.82. The molecule has 2 N–H and O–H groups in total. The number of nitrogens with zero attached hydrogens (tertiary/aromatic N) is 6. The highest BCUT2D eigenvalue weighted by atomic mass is 32.1. The van der Waals surface area contributed by atoms with E-state index in [9.17, 15) is 0 Å². The summed E-state index contributed by atoms with van der Waals surface area (Å²) in [5.74, 6) is 0.713. The predicted molar refractivity (Wildman–Crippen MR) is 79.0 cm³/mol. The van der Waals surface area contributed by atoms with E-state index in [1.165, 1.54) is 4.63 Å². The summed E-state index contributed by atoms with van der Waals surface area (Å²) in [6.07, 6.45) is 0. The Hall–Kier alpha value is -2.61. The summed E-state index contributed by atoms with van der Waals surface area (Å²) < 4.78 is 1.38. The first-order valence-electron chi connectivity index (χ1n) is 5.84. The van der Waals surface area contributed by atoms with Gasteiger partial charge in [-0.15, -0.1) is 14.8 Å². The SMILES string of the molecule is CN(c1cccc(C(N)=S)c1)c1ccc2nnnn2n1. The van der Waals surface area contributed by atoms with Crippen LogP contribution in [0.3, 0.4) is 0 Å². The predicted octanol–water partition coefficient (Wildman–Crippen LogP) is 0.921. The second-order valence-corrected chi connectivity index (χ2v) is 4.63. The van der Waals surface area contributed by atoms with Crippen LogP contribution in [0.1, 0.15) is 5.56 Å². The van der Waals surface area contributed by atoms with Crippen LogP contribution in [0.2, 0.25) is 0 Å². The molecule has 2 heterocycles. The monoisotopic (exact) mass is 285 g/mol. The number of hydrogen-bond acceptors (Lipinski definition) is 6. The first-order chi connectivity index (χ1) is 9.65. The lowest BCUT2D eigenvalue weighted by molar-refractivity contribution is 0.731. The van der Waals surface area contributed by atoms with Crippen molar-refractivity contribution in [2.24, 2.45) is 5.73 Å². The molecule has 0 amide bonds. The minimum atomic E-state index is 0.365. The molecule has 0 atom stereocenters. The molecule has 3 aromatic rings. The second-order valence-electron chi connectivity index (χ2n) is 4.19. The van der Waals surface area contributed by atoms with Crippen LogP contribution < -0.4 is 10.6 Å². The highest BCUT2D eigenvalue weighted by Gasteiger charge is 2.09. The second kappa shape index (κ2) is 4.82. The molecule has 0 aliphatic carbocycles. The molecule has 3 rings (SSSR count). The van der Waals surface area contributed by atoms with Crippen LogP contribution in [0.4, 0.5) is 11.5 Å². The zero-order valence-electron chi connectivity index (χ0n) is 10.6. The summed E-state index contributed by atoms with van der Waals surface area (Å²) >= 11 is 4.99. The number of nitrogens with two attached hydrogens (primary N) is 1. The fourth-order valence-corrected chi connectivity index (χ4v) is 1.95. The number of tetrazole rings is 1. The molecule has 0 radical (unpaired) electrons. The standard InChI is InChI=1S/C12H11N7S/c1-18(9-4-2-3-8(7-9)12(13)20)11-6-5-10-14-16-17-19(10)15-11/h2-7H,1H3,(H2,13,20). The van der Waals surface area contributed by atoms with Gasteiger partial charge in [0.15, 0.2) is 11.5 Å². The van der Waals surface area contributed by atoms with Crippen LogP contribution in [0, 0.1) is 0 Å². The molecule has 0 spiro atoms. The van der Waals surface area contributed by atoms with E-state index >= 15 is 0 Å². The Balaban J connectivity index is 2.00. The Labute approximate surface area is 120 Å². The average Bonchev–Trinajstić information content (AvgIpc) is 2.94. The number of thiocarbonyl (C=S) groups is 1. The van der Waals surface area contributed by atoms with Crippen molar-refractivity contribution in [1.82, 2.24) is 25.3 Å². The van der Waals surface area contributed by atoms with Gasteiger partial charge in [0.05, 0.1) is 0 Å². The minimum Gasteiger partial charge on any atom is -0.389 e. The van der Waals surface area contributed by atoms with Crippen molar-refractivity contribution >= 4 is 34.4 Å². The van der Waals surface area contributed by atoms with Gasteiger partial charge in [-0.1, -0.05) is 24.4 Å². The van der Waals surface area contributed by atoms with Gasteiger partial charge in [-0.25, -0.2) is 0 Å². The third-order valence-corrected chi connectivity index (χ3v) is 3.15. The van der Waals surface area contributed by atoms with E-state index in [4.69, 9.17) is 18.0 Å². The number of aromatic nitrogens is 5. The molecule has 0 saturated heterocycles. The lowest BCUT2D eigenvalue weighted by Gasteiger charge is -2.18. The van der Waals surface area contributed by atoms with Gasteiger partial charge in [-0.2, -0.15) is 0 Å². The van der Waals surface area contributed by atoms with Gasteiger partial charge in [0, 0.05) is 18.3 Å². The highest BCUT2D eigenvalue weighted by Crippen LogP contribution is 2.22. The van der Waals surface area contributed by atoms with Gasteiger partial charge in [0.2, 0.25) is 0 Å². The molecule has 20 heavy (non-hydrogen) atoms. The molecule has 0 bridgehead atoms. The third-order valence-electron chi connectivity index (χ3n) is 2.92. The first kappa shape index (κ1) is 12.4. The molecule has 2 aromatic heterocycles. The molecular formula is C12H11N7S. The smallest absolute Gasteiger partial charge is 0.200 e. The molecule has 0 aliphatic heterocycles. The summed E-state index contributed by atoms with van der Waals surface area (Å²) in [5, 5.41) is 15.5. The van der Waals surface area contributed by atoms with Crippen molar-refractivity contribution in [2.75, 3.05) is 11.9 Å². The Morgan fingerprint density at radius 3 is 2.95 bits per heavy atom. The maximum Gasteiger partial charge on any atom is 0.200 e. The lowest BCUT2D eigenvalue weighted by atomic mass is 10.2. The number of anilines is 2. The zero-order chi connectivity index (χ0) is 14.1. The third kappa shape index (κ3) is 2.16. The van der Waals surface area contributed by atoms with Crippen LogP contribution in [0.25, 0.3) is 5.65 Å². The topological polar surface area (TPSA) is 85.2 Å². The van der Waals surface area contributed by atoms with Crippen molar-refractivity contribution in [2.45, 2.75) is 0 Å². The van der Waals surface area contributed by atoms with Crippen LogP contribution >= 0.6 is 12.2 Å². The van der Waals surface area contributed by atoms with E-state index in [0.717, 1.165) is 11.3 Å². The van der Waals surface area contributed by atoms with Crippen LogP contribution in [0.15, 0.2) is 36.4 Å². The van der Waals surface area contributed by atoms with Crippen molar-refractivity contribution < 1.29 is 0 Å². The van der Waals surface area contributed by atoms with E-state index in [1.807, 2.05) is 42.3 Å². The van der Waals surface area contributed by atoms with Gasteiger partial charge >= 0.3 is 0 Å². The molecule has 100 valence electrons. The average molecular weight is 285 g/mol. The molecule has 0 aliphatic rings. The lowest BCUT2D eigenvalue weighted by Crippen LogP contribution is -2.15. The molecule has 8 heteroatoms. The highest BCUT2D eigenvalue weighted by molar-refractivity contribution is 7.80. The summed E-state index contributed by atoms with van der Waals surface area (Å²) in [6, 6.07) is 11.3. The van der Waals surface area contributed by atoms with Gasteiger partial charge in [0.25, 0.3) is 0 Å². The first-order valence-corrected chi connectivity index (χ1v) is 6.25. The molecule has 0 unspecified atom stereocenters. The van der Waals surface area contributed by atoms with Crippen molar-refractivity contribution in [3.05, 3.63) is 42.0 Å². The largest absolute Gasteiger partial charge is 0.389 e. The molecule has 0 saturated carbocycles. The van der Waals surface area contributed by atoms with Gasteiger partial charge < -0.3 is 10.6 Å². The molecule has 1 aromatic carbocycles. The summed E-state index contributed by atoms with van der Waals surface area (Å²) in [7, 11) is 1.90. The number of benzene rings is 1. The maximum atomic E-state index is 5.65. The molecular weight excluding hydrogens is 274 g/mol. The normalized spacial score (nSPS) is 10.7. The zero-order valence-corrected chi connectivity index (χ0v) is 11.4. The van der Waals surface area contributed by atoms with Crippen LogP contribution in [-0.2, 0) is 0 Å². The summed E-state index contributed by atoms with van der Waals surface area (Å²) in [5.41, 5.74) is 7.98. The van der Waals surface area contributed by atoms with E-state index in [1.54, 1.807) is 6.07 Å². The Bertz CT molecular complexity index is 782. The fraction of sp³-hybridized carbons (Fsp3) is 0.0833. The summed E-state index contributed by atoms with van der Waals surface area (Å²) in [4.78, 5) is 2.27. The Morgan fingerprint density at radius 2 is 2.15 bits per heavy atom. The number of fused-ring (bicyclic) bond motifs is 1. The summed E-state index contributed by atoms with van der Waals surface area (Å²) in [6.45, 7) is 0. The van der Waals surface area contributed by atoms with Gasteiger partial charge in [0.1, 0.15) is 4.99 Å². The van der Waals surface area contributed by atoms with Crippen molar-refractivity contribution in [1.29, 1.82) is 0 Å². The van der Waals surface area contributed by atoms with Crippen molar-refractivity contribution in [3.63, 3.8) is 0 Å². The van der Waals surface area contributed by atoms with Gasteiger partial charge in [-0.3, -0.25) is 0 Å². The Morgan fingerprint density at radius 1 is 1.30 bits per heavy atom. The van der Waals surface area contributed by atoms with E-state index < -0.39 is 0 Å². The van der Waals surface area contributed by atoms with E-state index in [-0.39, 0.29) is 0 Å². The number of hydrogen-bond donors (Lipinski definition) is 1. The molecule has 7 nitrogen and oxygen atoms in total. The van der Waals surface area contributed by atoms with Crippen molar-refractivity contribution in [3.8, 4) is 0 Å². The van der Waals surface area contributed by atoms with E-state index in [0.29, 0.717) is 16.5 Å². The Kier molecular flexibility index (Phi) is 2.99. The quantitative estimate of drug-likeness (QED) is 0.716. The number of rotatable bonds is 3. The minimum absolute atomic E-state index is 0.365. The van der Waals surface area contributed by atoms with Gasteiger partial charge in [-0.05, 0) is 34.7 Å². The van der Waals surface area contributed by atoms with E-state index in [2.05, 4.69) is 20.6 Å².